The van der Waals surface area contributed by atoms with E-state index in [9.17, 15) is 0 Å². The van der Waals surface area contributed by atoms with E-state index < -0.39 is 0 Å². The molecule has 1 aliphatic carbocycles. The maximum absolute atomic E-state index is 5.02. The third-order valence-corrected chi connectivity index (χ3v) is 2.19. The van der Waals surface area contributed by atoms with E-state index in [0.29, 0.717) is 6.61 Å². The first-order valence-corrected chi connectivity index (χ1v) is 4.44. The first-order valence-electron chi connectivity index (χ1n) is 4.44. The largest absolute Gasteiger partial charge is 0.383 e. The molecule has 1 fully saturated rings. The Balaban J connectivity index is 2.25. The maximum Gasteiger partial charge on any atom is 0.177 e. The van der Waals surface area contributed by atoms with Gasteiger partial charge in [0.15, 0.2) is 6.61 Å². The van der Waals surface area contributed by atoms with Crippen LogP contribution in [0.15, 0.2) is 5.16 Å². The van der Waals surface area contributed by atoms with Crippen LogP contribution >= 0.6 is 0 Å². The minimum Gasteiger partial charge on any atom is -0.383 e. The molecule has 2 heteroatoms. The smallest absolute Gasteiger partial charge is 0.177 e. The highest BCUT2D eigenvalue weighted by Gasteiger charge is 2.13. The van der Waals surface area contributed by atoms with Crippen molar-refractivity contribution in [3.8, 4) is 12.3 Å². The Morgan fingerprint density at radius 2 is 2.25 bits per heavy atom. The van der Waals surface area contributed by atoms with Crippen molar-refractivity contribution < 1.29 is 4.84 Å². The molecule has 0 amide bonds. The van der Waals surface area contributed by atoms with Gasteiger partial charge in [-0.3, -0.25) is 0 Å². The molecular formula is C10H15NO. The van der Waals surface area contributed by atoms with Crippen molar-refractivity contribution in [1.82, 2.24) is 0 Å². The molecule has 0 spiro atoms. The monoisotopic (exact) mass is 165 g/mol. The van der Waals surface area contributed by atoms with Crippen LogP contribution in [0.5, 0.6) is 0 Å². The zero-order valence-corrected chi connectivity index (χ0v) is 7.55. The lowest BCUT2D eigenvalue weighted by Gasteiger charge is -2.17. The Bertz CT molecular complexity index is 192. The number of hydrogen-bond donors (Lipinski definition) is 0. The van der Waals surface area contributed by atoms with Gasteiger partial charge in [-0.25, -0.2) is 0 Å². The average molecular weight is 165 g/mol. The van der Waals surface area contributed by atoms with Crippen LogP contribution in [-0.2, 0) is 4.84 Å². The fourth-order valence-corrected chi connectivity index (χ4v) is 1.35. The van der Waals surface area contributed by atoms with Gasteiger partial charge in [0.25, 0.3) is 0 Å². The van der Waals surface area contributed by atoms with E-state index in [2.05, 4.69) is 18.0 Å². The van der Waals surface area contributed by atoms with Gasteiger partial charge in [-0.15, -0.1) is 6.42 Å². The molecule has 2 nitrogen and oxygen atoms in total. The first-order chi connectivity index (χ1) is 5.83. The second-order valence-electron chi connectivity index (χ2n) is 3.32. The van der Waals surface area contributed by atoms with Crippen molar-refractivity contribution in [3.05, 3.63) is 0 Å². The Hall–Kier alpha value is -0.970. The minimum atomic E-state index is 0.291. The zero-order valence-electron chi connectivity index (χ0n) is 7.55. The van der Waals surface area contributed by atoms with Gasteiger partial charge in [0.2, 0.25) is 0 Å². The summed E-state index contributed by atoms with van der Waals surface area (Å²) in [5.41, 5.74) is 1.17. The van der Waals surface area contributed by atoms with Crippen LogP contribution in [-0.4, -0.2) is 12.3 Å². The van der Waals surface area contributed by atoms with Crippen molar-refractivity contribution in [2.24, 2.45) is 11.1 Å². The maximum atomic E-state index is 5.02. The fraction of sp³-hybridized carbons (Fsp3) is 0.700. The molecule has 0 N–H and O–H groups in total. The van der Waals surface area contributed by atoms with E-state index in [1.165, 1.54) is 18.6 Å². The highest BCUT2D eigenvalue weighted by molar-refractivity contribution is 5.84. The van der Waals surface area contributed by atoms with Crippen LogP contribution in [0.25, 0.3) is 0 Å². The lowest BCUT2D eigenvalue weighted by atomic mass is 9.90. The van der Waals surface area contributed by atoms with Gasteiger partial charge in [0.1, 0.15) is 0 Å². The third kappa shape index (κ3) is 2.96. The molecule has 0 aromatic heterocycles. The lowest BCUT2D eigenvalue weighted by Crippen LogP contribution is -2.11. The van der Waals surface area contributed by atoms with Crippen molar-refractivity contribution in [2.45, 2.75) is 32.6 Å². The number of oxime groups is 1. The van der Waals surface area contributed by atoms with E-state index in [1.807, 2.05) is 0 Å². The lowest BCUT2D eigenvalue weighted by molar-refractivity contribution is 0.177. The van der Waals surface area contributed by atoms with Gasteiger partial charge >= 0.3 is 0 Å². The highest BCUT2D eigenvalue weighted by Crippen LogP contribution is 2.21. The Morgan fingerprint density at radius 1 is 1.58 bits per heavy atom. The summed E-state index contributed by atoms with van der Waals surface area (Å²) >= 11 is 0. The van der Waals surface area contributed by atoms with Crippen LogP contribution in [0.2, 0.25) is 0 Å². The Kier molecular flexibility index (Phi) is 3.66. The molecule has 0 unspecified atom stereocenters. The molecule has 0 bridgehead atoms. The molecule has 0 atom stereocenters. The standard InChI is InChI=1S/C10H15NO/c1-3-8-12-11-10-6-4-9(2)5-7-10/h1,9H,4-8H2,2H3. The quantitative estimate of drug-likeness (QED) is 0.349. The second-order valence-corrected chi connectivity index (χ2v) is 3.32. The summed E-state index contributed by atoms with van der Waals surface area (Å²) in [6.07, 6.45) is 9.64. The highest BCUT2D eigenvalue weighted by atomic mass is 16.6. The van der Waals surface area contributed by atoms with Gasteiger partial charge in [-0.2, -0.15) is 0 Å². The summed E-state index contributed by atoms with van der Waals surface area (Å²) in [6, 6.07) is 0. The molecule has 1 saturated carbocycles. The predicted octanol–water partition coefficient (Wildman–Crippen LogP) is 2.20. The molecule has 1 aliphatic rings. The molecule has 0 aromatic carbocycles. The third-order valence-electron chi connectivity index (χ3n) is 2.19. The summed E-state index contributed by atoms with van der Waals surface area (Å²) in [4.78, 5) is 4.91. The topological polar surface area (TPSA) is 21.6 Å². The van der Waals surface area contributed by atoms with Crippen molar-refractivity contribution >= 4 is 5.71 Å². The zero-order chi connectivity index (χ0) is 8.81. The van der Waals surface area contributed by atoms with Gasteiger partial charge in [0, 0.05) is 0 Å². The SMILES string of the molecule is C#CCON=C1CCC(C)CC1. The minimum absolute atomic E-state index is 0.291. The Morgan fingerprint density at radius 3 is 2.83 bits per heavy atom. The average Bonchev–Trinajstić information content (AvgIpc) is 2.09. The molecule has 1 rings (SSSR count). The molecule has 0 aromatic rings. The first kappa shape index (κ1) is 9.12. The molecule has 0 heterocycles. The molecule has 0 saturated heterocycles. The van der Waals surface area contributed by atoms with Crippen molar-refractivity contribution in [1.29, 1.82) is 0 Å². The van der Waals surface area contributed by atoms with Crippen molar-refractivity contribution in [2.75, 3.05) is 6.61 Å². The number of terminal acetylenes is 1. The van der Waals surface area contributed by atoms with Gasteiger partial charge < -0.3 is 4.84 Å². The molecule has 12 heavy (non-hydrogen) atoms. The summed E-state index contributed by atoms with van der Waals surface area (Å²) < 4.78 is 0. The summed E-state index contributed by atoms with van der Waals surface area (Å²) in [7, 11) is 0. The van der Waals surface area contributed by atoms with Crippen LogP contribution in [0.1, 0.15) is 32.6 Å². The fourth-order valence-electron chi connectivity index (χ4n) is 1.35. The predicted molar refractivity (Wildman–Crippen MR) is 49.9 cm³/mol. The van der Waals surface area contributed by atoms with E-state index in [1.54, 1.807) is 0 Å². The van der Waals surface area contributed by atoms with Crippen LogP contribution in [0, 0.1) is 18.3 Å². The summed E-state index contributed by atoms with van der Waals surface area (Å²) in [5, 5.41) is 3.98. The molecule has 0 aliphatic heterocycles. The van der Waals surface area contributed by atoms with E-state index in [0.717, 1.165) is 18.8 Å². The van der Waals surface area contributed by atoms with Crippen LogP contribution < -0.4 is 0 Å². The normalized spacial score (nSPS) is 23.0. The van der Waals surface area contributed by atoms with Crippen LogP contribution in [0.4, 0.5) is 0 Å². The van der Waals surface area contributed by atoms with Gasteiger partial charge in [-0.05, 0) is 31.6 Å². The summed E-state index contributed by atoms with van der Waals surface area (Å²) in [6.45, 7) is 2.57. The van der Waals surface area contributed by atoms with Gasteiger partial charge in [0.05, 0.1) is 5.71 Å². The molecular weight excluding hydrogens is 150 g/mol. The summed E-state index contributed by atoms with van der Waals surface area (Å²) in [5.74, 6) is 3.23. The van der Waals surface area contributed by atoms with Crippen molar-refractivity contribution in [3.63, 3.8) is 0 Å². The molecule has 66 valence electrons. The number of nitrogens with zero attached hydrogens (tertiary/aromatic N) is 1. The number of rotatable bonds is 2. The number of hydrogen-bond acceptors (Lipinski definition) is 2. The van der Waals surface area contributed by atoms with E-state index in [4.69, 9.17) is 11.3 Å². The van der Waals surface area contributed by atoms with Crippen LogP contribution in [0.3, 0.4) is 0 Å². The molecule has 0 radical (unpaired) electrons. The second kappa shape index (κ2) is 4.82. The van der Waals surface area contributed by atoms with Gasteiger partial charge in [-0.1, -0.05) is 18.0 Å². The van der Waals surface area contributed by atoms with E-state index >= 15 is 0 Å². The van der Waals surface area contributed by atoms with E-state index in [-0.39, 0.29) is 0 Å². The Labute approximate surface area is 74.0 Å².